The van der Waals surface area contributed by atoms with Gasteiger partial charge in [-0.3, -0.25) is 9.59 Å². The third-order valence-corrected chi connectivity index (χ3v) is 5.03. The smallest absolute Gasteiger partial charge is 0.311 e. The lowest BCUT2D eigenvalue weighted by molar-refractivity contribution is -0.151. The molecule has 0 spiro atoms. The lowest BCUT2D eigenvalue weighted by Crippen LogP contribution is -2.45. The molecule has 0 heterocycles. The Morgan fingerprint density at radius 1 is 1.17 bits per heavy atom. The molecule has 0 radical (unpaired) electrons. The first kappa shape index (κ1) is 22.9. The summed E-state index contributed by atoms with van der Waals surface area (Å²) < 4.78 is 4.84. The number of benzene rings is 2. The van der Waals surface area contributed by atoms with Gasteiger partial charge in [0.1, 0.15) is 6.61 Å². The number of aliphatic carboxylic acids is 1. The van der Waals surface area contributed by atoms with Gasteiger partial charge in [-0.15, -0.1) is 0 Å². The van der Waals surface area contributed by atoms with Crippen LogP contribution in [0.5, 0.6) is 0 Å². The first-order chi connectivity index (χ1) is 13.8. The number of hydrogen-bond donors (Lipinski definition) is 3. The van der Waals surface area contributed by atoms with Crippen LogP contribution in [-0.4, -0.2) is 48.5 Å². The maximum absolute atomic E-state index is 12.0. The molecular formula is C22H26ClNO5. The lowest BCUT2D eigenvalue weighted by Gasteiger charge is -2.28. The molecule has 0 aliphatic heterocycles. The maximum atomic E-state index is 12.0. The fourth-order valence-corrected chi connectivity index (χ4v) is 3.31. The van der Waals surface area contributed by atoms with Crippen LogP contribution in [0.4, 0.5) is 0 Å². The minimum atomic E-state index is -1.36. The van der Waals surface area contributed by atoms with Crippen molar-refractivity contribution in [2.75, 3.05) is 20.3 Å². The first-order valence-corrected chi connectivity index (χ1v) is 9.62. The molecular weight excluding hydrogens is 394 g/mol. The van der Waals surface area contributed by atoms with Crippen molar-refractivity contribution in [3.63, 3.8) is 0 Å². The summed E-state index contributed by atoms with van der Waals surface area (Å²) in [6, 6.07) is 14.9. The van der Waals surface area contributed by atoms with E-state index in [4.69, 9.17) is 16.3 Å². The number of hydrogen-bond acceptors (Lipinski definition) is 4. The summed E-state index contributed by atoms with van der Waals surface area (Å²) >= 11 is 6.05. The second kappa shape index (κ2) is 10.4. The Morgan fingerprint density at radius 3 is 2.41 bits per heavy atom. The second-order valence-electron chi connectivity index (χ2n) is 7.34. The van der Waals surface area contributed by atoms with E-state index >= 15 is 0 Å². The zero-order chi connectivity index (χ0) is 21.4. The van der Waals surface area contributed by atoms with E-state index in [0.29, 0.717) is 11.4 Å². The van der Waals surface area contributed by atoms with E-state index in [0.717, 1.165) is 16.7 Å². The highest BCUT2D eigenvalue weighted by Gasteiger charge is 2.35. The number of ether oxygens (including phenoxy) is 1. The van der Waals surface area contributed by atoms with Crippen molar-refractivity contribution < 1.29 is 24.5 Å². The summed E-state index contributed by atoms with van der Waals surface area (Å²) in [5, 5.41) is 22.5. The summed E-state index contributed by atoms with van der Waals surface area (Å²) in [6.45, 7) is 0.826. The third kappa shape index (κ3) is 6.56. The number of nitrogens with one attached hydrogen (secondary N) is 1. The fraction of sp³-hybridized carbons (Fsp3) is 0.364. The minimum Gasteiger partial charge on any atom is -0.481 e. The lowest BCUT2D eigenvalue weighted by atomic mass is 9.82. The number of amides is 1. The molecule has 6 nitrogen and oxygen atoms in total. The highest BCUT2D eigenvalue weighted by molar-refractivity contribution is 6.30. The van der Waals surface area contributed by atoms with Crippen LogP contribution < -0.4 is 5.32 Å². The van der Waals surface area contributed by atoms with Gasteiger partial charge in [0.05, 0.1) is 12.0 Å². The van der Waals surface area contributed by atoms with Crippen LogP contribution in [-0.2, 0) is 20.7 Å². The summed E-state index contributed by atoms with van der Waals surface area (Å²) in [5.41, 5.74) is 1.57. The molecule has 2 atom stereocenters. The van der Waals surface area contributed by atoms with Crippen molar-refractivity contribution in [3.8, 4) is 11.1 Å². The predicted molar refractivity (Wildman–Crippen MR) is 112 cm³/mol. The monoisotopic (exact) mass is 419 g/mol. The van der Waals surface area contributed by atoms with Gasteiger partial charge in [0, 0.05) is 18.2 Å². The molecule has 0 aliphatic rings. The SMILES string of the molecule is COCC(=O)N[C@H](Cc1ccc(-c2cccc(Cl)c2)cc1)CC(C)(CO)C(=O)O. The molecule has 2 rings (SSSR count). The van der Waals surface area contributed by atoms with Crippen LogP contribution in [0.15, 0.2) is 48.5 Å². The number of rotatable bonds is 10. The van der Waals surface area contributed by atoms with Crippen molar-refractivity contribution in [2.45, 2.75) is 25.8 Å². The van der Waals surface area contributed by atoms with Crippen molar-refractivity contribution in [2.24, 2.45) is 5.41 Å². The number of carbonyl (C=O) groups is 2. The van der Waals surface area contributed by atoms with E-state index in [1.807, 2.05) is 48.5 Å². The highest BCUT2D eigenvalue weighted by Crippen LogP contribution is 2.26. The van der Waals surface area contributed by atoms with Crippen molar-refractivity contribution >= 4 is 23.5 Å². The second-order valence-corrected chi connectivity index (χ2v) is 7.77. The Balaban J connectivity index is 2.18. The van der Waals surface area contributed by atoms with E-state index in [9.17, 15) is 19.8 Å². The van der Waals surface area contributed by atoms with Gasteiger partial charge in [-0.1, -0.05) is 48.0 Å². The Hall–Kier alpha value is -2.41. The van der Waals surface area contributed by atoms with Crippen LogP contribution in [0, 0.1) is 5.41 Å². The largest absolute Gasteiger partial charge is 0.481 e. The number of aliphatic hydroxyl groups is 1. The standard InChI is InChI=1S/C22H26ClNO5/c1-22(14-25,21(27)28)12-19(24-20(26)13-29-2)10-15-6-8-16(9-7-15)17-4-3-5-18(23)11-17/h3-9,11,19,25H,10,12-14H2,1-2H3,(H,24,26)(H,27,28)/t19-,22?/m1/s1. The number of halogens is 1. The molecule has 0 saturated carbocycles. The normalized spacial score (nSPS) is 14.1. The van der Waals surface area contributed by atoms with Gasteiger partial charge in [-0.2, -0.15) is 0 Å². The number of carbonyl (C=O) groups excluding carboxylic acids is 1. The van der Waals surface area contributed by atoms with Crippen LogP contribution in [0.2, 0.25) is 5.02 Å². The topological polar surface area (TPSA) is 95.9 Å². The highest BCUT2D eigenvalue weighted by atomic mass is 35.5. The summed E-state index contributed by atoms with van der Waals surface area (Å²) in [7, 11) is 1.41. The molecule has 2 aromatic carbocycles. The predicted octanol–water partition coefficient (Wildman–Crippen LogP) is 3.15. The van der Waals surface area contributed by atoms with Gasteiger partial charge in [-0.25, -0.2) is 0 Å². The number of carboxylic acid groups (broad SMARTS) is 1. The van der Waals surface area contributed by atoms with Gasteiger partial charge in [-0.05, 0) is 48.6 Å². The van der Waals surface area contributed by atoms with Crippen molar-refractivity contribution in [1.82, 2.24) is 5.32 Å². The average molecular weight is 420 g/mol. The molecule has 3 N–H and O–H groups in total. The molecule has 0 aromatic heterocycles. The van der Waals surface area contributed by atoms with E-state index in [1.54, 1.807) is 0 Å². The molecule has 0 bridgehead atoms. The Kier molecular flexibility index (Phi) is 8.20. The fourth-order valence-electron chi connectivity index (χ4n) is 3.12. The first-order valence-electron chi connectivity index (χ1n) is 9.25. The van der Waals surface area contributed by atoms with E-state index < -0.39 is 24.0 Å². The molecule has 0 saturated heterocycles. The number of methoxy groups -OCH3 is 1. The molecule has 7 heteroatoms. The summed E-state index contributed by atoms with van der Waals surface area (Å²) in [4.78, 5) is 23.6. The van der Waals surface area contributed by atoms with Gasteiger partial charge in [0.2, 0.25) is 5.91 Å². The zero-order valence-electron chi connectivity index (χ0n) is 16.5. The van der Waals surface area contributed by atoms with Gasteiger partial charge >= 0.3 is 5.97 Å². The number of carboxylic acids is 1. The molecule has 29 heavy (non-hydrogen) atoms. The van der Waals surface area contributed by atoms with Crippen molar-refractivity contribution in [3.05, 3.63) is 59.1 Å². The molecule has 156 valence electrons. The van der Waals surface area contributed by atoms with E-state index in [2.05, 4.69) is 5.32 Å². The van der Waals surface area contributed by atoms with Crippen LogP contribution in [0.1, 0.15) is 18.9 Å². The van der Waals surface area contributed by atoms with Crippen LogP contribution in [0.3, 0.4) is 0 Å². The van der Waals surface area contributed by atoms with Gasteiger partial charge in [0.15, 0.2) is 0 Å². The molecule has 0 fully saturated rings. The maximum Gasteiger partial charge on any atom is 0.311 e. The zero-order valence-corrected chi connectivity index (χ0v) is 17.3. The van der Waals surface area contributed by atoms with Crippen LogP contribution in [0.25, 0.3) is 11.1 Å². The Bertz CT molecular complexity index is 839. The van der Waals surface area contributed by atoms with Gasteiger partial charge in [0.25, 0.3) is 0 Å². The quantitative estimate of drug-likeness (QED) is 0.549. The Labute approximate surface area is 175 Å². The van der Waals surface area contributed by atoms with Crippen LogP contribution >= 0.6 is 11.6 Å². The van der Waals surface area contributed by atoms with E-state index in [1.165, 1.54) is 14.0 Å². The minimum absolute atomic E-state index is 0.0876. The number of aliphatic hydroxyl groups excluding tert-OH is 1. The summed E-state index contributed by atoms with van der Waals surface area (Å²) in [5.74, 6) is -1.44. The summed E-state index contributed by atoms with van der Waals surface area (Å²) in [6.07, 6.45) is 0.512. The molecule has 1 amide bonds. The molecule has 2 aromatic rings. The Morgan fingerprint density at radius 2 is 1.86 bits per heavy atom. The molecule has 1 unspecified atom stereocenters. The van der Waals surface area contributed by atoms with E-state index in [-0.39, 0.29) is 18.9 Å². The third-order valence-electron chi connectivity index (χ3n) is 4.80. The molecule has 0 aliphatic carbocycles. The van der Waals surface area contributed by atoms with Gasteiger partial charge < -0.3 is 20.3 Å². The van der Waals surface area contributed by atoms with Crippen molar-refractivity contribution in [1.29, 1.82) is 0 Å². The average Bonchev–Trinajstić information content (AvgIpc) is 2.68.